The fraction of sp³-hybridized carbons (Fsp3) is 0.444. The minimum Gasteiger partial charge on any atom is -0.484 e. The molecule has 0 saturated heterocycles. The van der Waals surface area contributed by atoms with E-state index in [0.29, 0.717) is 17.7 Å². The molecule has 0 N–H and O–H groups in total. The first-order valence-corrected chi connectivity index (χ1v) is 4.95. The van der Waals surface area contributed by atoms with Crippen molar-refractivity contribution in [1.29, 1.82) is 0 Å². The Hall–Kier alpha value is -0.770. The third kappa shape index (κ3) is 1.94. The van der Waals surface area contributed by atoms with Crippen LogP contribution in [0, 0.1) is 0 Å². The molecule has 4 heteroatoms. The number of nitrogens with zero attached hydrogens (tertiary/aromatic N) is 1. The van der Waals surface area contributed by atoms with Crippen LogP contribution in [-0.4, -0.2) is 18.2 Å². The largest absolute Gasteiger partial charge is 0.484 e. The summed E-state index contributed by atoms with van der Waals surface area (Å²) in [7, 11) is 1.59. The van der Waals surface area contributed by atoms with Crippen molar-refractivity contribution in [2.24, 2.45) is 0 Å². The Balaban J connectivity index is 2.27. The van der Waals surface area contributed by atoms with Gasteiger partial charge in [0.1, 0.15) is 0 Å². The van der Waals surface area contributed by atoms with Crippen molar-refractivity contribution in [2.45, 2.75) is 18.9 Å². The fourth-order valence-electron chi connectivity index (χ4n) is 1.01. The lowest BCUT2D eigenvalue weighted by atomic mass is 10.4. The summed E-state index contributed by atoms with van der Waals surface area (Å²) in [5.41, 5.74) is 0. The summed E-state index contributed by atoms with van der Waals surface area (Å²) < 4.78 is 11.6. The first-order chi connectivity index (χ1) is 6.31. The molecule has 0 aromatic carbocycles. The van der Waals surface area contributed by atoms with Gasteiger partial charge in [-0.3, -0.25) is 0 Å². The first-order valence-electron chi connectivity index (χ1n) is 4.16. The zero-order valence-corrected chi connectivity index (χ0v) is 8.87. The Labute approximate surface area is 85.2 Å². The van der Waals surface area contributed by atoms with Gasteiger partial charge in [0.05, 0.1) is 17.7 Å². The van der Waals surface area contributed by atoms with Gasteiger partial charge in [-0.1, -0.05) is 0 Å². The number of pyridine rings is 1. The second kappa shape index (κ2) is 3.54. The maximum atomic E-state index is 5.64. The molecule has 0 amide bonds. The second-order valence-electron chi connectivity index (χ2n) is 2.95. The Morgan fingerprint density at radius 3 is 2.92 bits per heavy atom. The molecule has 1 aliphatic rings. The summed E-state index contributed by atoms with van der Waals surface area (Å²) in [6.45, 7) is 0. The van der Waals surface area contributed by atoms with E-state index in [2.05, 4.69) is 20.9 Å². The standard InChI is InChI=1S/C9H10BrNO2/c1-12-9-8(13-6-2-3-6)7(10)4-5-11-9/h4-6H,2-3H2,1H3. The Morgan fingerprint density at radius 2 is 2.31 bits per heavy atom. The first kappa shape index (κ1) is 8.81. The van der Waals surface area contributed by atoms with Gasteiger partial charge in [-0.25, -0.2) is 4.98 Å². The summed E-state index contributed by atoms with van der Waals surface area (Å²) in [6, 6.07) is 1.85. The van der Waals surface area contributed by atoms with Crippen LogP contribution >= 0.6 is 15.9 Å². The maximum absolute atomic E-state index is 5.64. The van der Waals surface area contributed by atoms with E-state index in [-0.39, 0.29) is 0 Å². The van der Waals surface area contributed by atoms with E-state index in [0.717, 1.165) is 17.3 Å². The summed E-state index contributed by atoms with van der Waals surface area (Å²) in [6.07, 6.45) is 4.30. The summed E-state index contributed by atoms with van der Waals surface area (Å²) >= 11 is 3.40. The van der Waals surface area contributed by atoms with Crippen molar-refractivity contribution in [3.8, 4) is 11.6 Å². The van der Waals surface area contributed by atoms with Crippen LogP contribution in [0.2, 0.25) is 0 Å². The highest BCUT2D eigenvalue weighted by Gasteiger charge is 2.26. The van der Waals surface area contributed by atoms with Gasteiger partial charge in [0.25, 0.3) is 5.88 Å². The number of rotatable bonds is 3. The fourth-order valence-corrected chi connectivity index (χ4v) is 1.39. The van der Waals surface area contributed by atoms with Gasteiger partial charge in [0.15, 0.2) is 5.75 Å². The number of hydrogen-bond acceptors (Lipinski definition) is 3. The van der Waals surface area contributed by atoms with Gasteiger partial charge in [0.2, 0.25) is 0 Å². The summed E-state index contributed by atoms with van der Waals surface area (Å²) in [5, 5.41) is 0. The molecule has 0 bridgehead atoms. The van der Waals surface area contributed by atoms with E-state index < -0.39 is 0 Å². The number of ether oxygens (including phenoxy) is 2. The summed E-state index contributed by atoms with van der Waals surface area (Å²) in [4.78, 5) is 4.06. The van der Waals surface area contributed by atoms with Gasteiger partial charge in [-0.05, 0) is 34.8 Å². The Bertz CT molecular complexity index is 312. The molecule has 3 nitrogen and oxygen atoms in total. The van der Waals surface area contributed by atoms with E-state index in [4.69, 9.17) is 9.47 Å². The highest BCUT2D eigenvalue weighted by molar-refractivity contribution is 9.10. The molecule has 70 valence electrons. The van der Waals surface area contributed by atoms with Crippen LogP contribution in [0.1, 0.15) is 12.8 Å². The molecule has 1 aromatic heterocycles. The molecular weight excluding hydrogens is 234 g/mol. The lowest BCUT2D eigenvalue weighted by molar-refractivity contribution is 0.275. The van der Waals surface area contributed by atoms with E-state index >= 15 is 0 Å². The SMILES string of the molecule is COc1nccc(Br)c1OC1CC1. The Kier molecular flexibility index (Phi) is 2.40. The van der Waals surface area contributed by atoms with E-state index in [1.165, 1.54) is 0 Å². The van der Waals surface area contributed by atoms with Crippen molar-refractivity contribution >= 4 is 15.9 Å². The van der Waals surface area contributed by atoms with E-state index in [9.17, 15) is 0 Å². The van der Waals surface area contributed by atoms with Gasteiger partial charge < -0.3 is 9.47 Å². The van der Waals surface area contributed by atoms with Crippen LogP contribution in [-0.2, 0) is 0 Å². The summed E-state index contributed by atoms with van der Waals surface area (Å²) in [5.74, 6) is 1.26. The van der Waals surface area contributed by atoms with Crippen LogP contribution < -0.4 is 9.47 Å². The molecule has 0 spiro atoms. The zero-order chi connectivity index (χ0) is 9.26. The third-order valence-corrected chi connectivity index (χ3v) is 2.45. The second-order valence-corrected chi connectivity index (χ2v) is 3.80. The monoisotopic (exact) mass is 243 g/mol. The van der Waals surface area contributed by atoms with Gasteiger partial charge in [-0.2, -0.15) is 0 Å². The predicted molar refractivity (Wildman–Crippen MR) is 52.1 cm³/mol. The molecule has 1 heterocycles. The van der Waals surface area contributed by atoms with Gasteiger partial charge in [0, 0.05) is 6.20 Å². The lowest BCUT2D eigenvalue weighted by Crippen LogP contribution is -2.00. The number of halogens is 1. The molecule has 2 rings (SSSR count). The van der Waals surface area contributed by atoms with Crippen LogP contribution in [0.15, 0.2) is 16.7 Å². The van der Waals surface area contributed by atoms with Crippen LogP contribution in [0.4, 0.5) is 0 Å². The van der Waals surface area contributed by atoms with E-state index in [1.807, 2.05) is 6.07 Å². The van der Waals surface area contributed by atoms with E-state index in [1.54, 1.807) is 13.3 Å². The molecular formula is C9H10BrNO2. The smallest absolute Gasteiger partial charge is 0.257 e. The predicted octanol–water partition coefficient (Wildman–Crippen LogP) is 2.39. The van der Waals surface area contributed by atoms with Crippen LogP contribution in [0.3, 0.4) is 0 Å². The van der Waals surface area contributed by atoms with Crippen LogP contribution in [0.5, 0.6) is 11.6 Å². The molecule has 0 aliphatic heterocycles. The minimum absolute atomic E-state index is 0.356. The van der Waals surface area contributed by atoms with Crippen molar-refractivity contribution in [3.05, 3.63) is 16.7 Å². The minimum atomic E-state index is 0.356. The zero-order valence-electron chi connectivity index (χ0n) is 7.29. The van der Waals surface area contributed by atoms with Crippen LogP contribution in [0.25, 0.3) is 0 Å². The number of aromatic nitrogens is 1. The number of hydrogen-bond donors (Lipinski definition) is 0. The average molecular weight is 244 g/mol. The van der Waals surface area contributed by atoms with Crippen molar-refractivity contribution in [2.75, 3.05) is 7.11 Å². The quantitative estimate of drug-likeness (QED) is 0.818. The molecule has 0 atom stereocenters. The normalized spacial score (nSPS) is 15.5. The maximum Gasteiger partial charge on any atom is 0.257 e. The lowest BCUT2D eigenvalue weighted by Gasteiger charge is -2.09. The molecule has 1 aromatic rings. The molecule has 0 unspecified atom stereocenters. The molecule has 13 heavy (non-hydrogen) atoms. The average Bonchev–Trinajstić information content (AvgIpc) is 2.92. The Morgan fingerprint density at radius 1 is 1.54 bits per heavy atom. The van der Waals surface area contributed by atoms with Crippen molar-refractivity contribution < 1.29 is 9.47 Å². The number of methoxy groups -OCH3 is 1. The molecule has 0 radical (unpaired) electrons. The highest BCUT2D eigenvalue weighted by Crippen LogP contribution is 2.37. The van der Waals surface area contributed by atoms with Gasteiger partial charge in [-0.15, -0.1) is 0 Å². The third-order valence-electron chi connectivity index (χ3n) is 1.83. The van der Waals surface area contributed by atoms with Crippen molar-refractivity contribution in [3.63, 3.8) is 0 Å². The van der Waals surface area contributed by atoms with Crippen molar-refractivity contribution in [1.82, 2.24) is 4.98 Å². The molecule has 1 saturated carbocycles. The molecule has 1 aliphatic carbocycles. The topological polar surface area (TPSA) is 31.4 Å². The highest BCUT2D eigenvalue weighted by atomic mass is 79.9. The van der Waals surface area contributed by atoms with Gasteiger partial charge >= 0.3 is 0 Å². The molecule has 1 fully saturated rings.